The predicted molar refractivity (Wildman–Crippen MR) is 100 cm³/mol. The zero-order valence-corrected chi connectivity index (χ0v) is 14.5. The summed E-state index contributed by atoms with van der Waals surface area (Å²) in [7, 11) is 1.68. The molecule has 0 radical (unpaired) electrons. The number of likely N-dealkylation sites (tertiary alicyclic amines) is 1. The van der Waals surface area contributed by atoms with Crippen LogP contribution in [0.2, 0.25) is 0 Å². The molecule has 1 aliphatic heterocycles. The molecule has 0 amide bonds. The van der Waals surface area contributed by atoms with Crippen LogP contribution in [0.25, 0.3) is 0 Å². The van der Waals surface area contributed by atoms with E-state index >= 15 is 0 Å². The molecule has 4 nitrogen and oxygen atoms in total. The van der Waals surface area contributed by atoms with Crippen molar-refractivity contribution in [1.82, 2.24) is 4.90 Å². The summed E-state index contributed by atoms with van der Waals surface area (Å²) in [6, 6.07) is 16.3. The Morgan fingerprint density at radius 2 is 1.62 bits per heavy atom. The van der Waals surface area contributed by atoms with Crippen molar-refractivity contribution < 1.29 is 4.74 Å². The summed E-state index contributed by atoms with van der Waals surface area (Å²) in [5.41, 5.74) is 3.24. The molecular weight excluding hydrogens is 298 g/mol. The number of aryl methyl sites for hydroxylation is 1. The predicted octanol–water partition coefficient (Wildman–Crippen LogP) is 4.59. The lowest BCUT2D eigenvalue weighted by molar-refractivity contribution is 0.341. The van der Waals surface area contributed by atoms with Crippen LogP contribution in [-0.4, -0.2) is 31.1 Å². The third-order valence-electron chi connectivity index (χ3n) is 4.27. The molecule has 0 saturated carbocycles. The molecule has 0 aliphatic carbocycles. The Balaban J connectivity index is 1.84. The van der Waals surface area contributed by atoms with Crippen LogP contribution < -0.4 is 10.1 Å². The summed E-state index contributed by atoms with van der Waals surface area (Å²) in [5.74, 6) is 1.78. The van der Waals surface area contributed by atoms with E-state index in [9.17, 15) is 0 Å². The Kier molecular flexibility index (Phi) is 5.36. The van der Waals surface area contributed by atoms with Gasteiger partial charge < -0.3 is 15.0 Å². The van der Waals surface area contributed by atoms with Crippen molar-refractivity contribution in [3.63, 3.8) is 0 Å². The number of hydrogen-bond donors (Lipinski definition) is 1. The van der Waals surface area contributed by atoms with Gasteiger partial charge in [0, 0.05) is 18.8 Å². The van der Waals surface area contributed by atoms with E-state index in [1.165, 1.54) is 24.8 Å². The summed E-state index contributed by atoms with van der Waals surface area (Å²) in [4.78, 5) is 7.20. The van der Waals surface area contributed by atoms with E-state index in [4.69, 9.17) is 9.73 Å². The molecule has 1 saturated heterocycles. The molecule has 2 aromatic carbocycles. The van der Waals surface area contributed by atoms with Gasteiger partial charge in [-0.2, -0.15) is 0 Å². The fourth-order valence-corrected chi connectivity index (χ4v) is 2.83. The van der Waals surface area contributed by atoms with E-state index in [0.29, 0.717) is 0 Å². The topological polar surface area (TPSA) is 36.9 Å². The molecule has 126 valence electrons. The Labute approximate surface area is 144 Å². The van der Waals surface area contributed by atoms with Gasteiger partial charge in [0.2, 0.25) is 5.96 Å². The maximum absolute atomic E-state index is 5.23. The van der Waals surface area contributed by atoms with Crippen LogP contribution in [0.3, 0.4) is 0 Å². The highest BCUT2D eigenvalue weighted by Crippen LogP contribution is 2.19. The molecule has 0 bridgehead atoms. The van der Waals surface area contributed by atoms with E-state index < -0.39 is 0 Å². The maximum atomic E-state index is 5.23. The second kappa shape index (κ2) is 7.86. The zero-order valence-electron chi connectivity index (χ0n) is 14.5. The third kappa shape index (κ3) is 4.28. The summed E-state index contributed by atoms with van der Waals surface area (Å²) < 4.78 is 5.23. The number of anilines is 1. The quantitative estimate of drug-likeness (QED) is 0.663. The molecule has 1 heterocycles. The Morgan fingerprint density at radius 1 is 0.958 bits per heavy atom. The Morgan fingerprint density at radius 3 is 2.25 bits per heavy atom. The molecule has 2 aromatic rings. The maximum Gasteiger partial charge on any atom is 0.203 e. The van der Waals surface area contributed by atoms with E-state index in [1.54, 1.807) is 7.11 Å². The number of methoxy groups -OCH3 is 1. The Bertz CT molecular complexity index is 671. The number of rotatable bonds is 3. The van der Waals surface area contributed by atoms with Crippen LogP contribution in [0.5, 0.6) is 5.75 Å². The van der Waals surface area contributed by atoms with Gasteiger partial charge in [0.1, 0.15) is 5.75 Å². The molecular formula is C20H25N3O. The van der Waals surface area contributed by atoms with Gasteiger partial charge >= 0.3 is 0 Å². The van der Waals surface area contributed by atoms with E-state index in [0.717, 1.165) is 36.2 Å². The van der Waals surface area contributed by atoms with Gasteiger partial charge in [-0.1, -0.05) is 17.7 Å². The number of guanidine groups is 1. The summed E-state index contributed by atoms with van der Waals surface area (Å²) in [6.07, 6.45) is 3.74. The SMILES string of the molecule is COc1ccc(NC(=Nc2ccc(C)cc2)N2CCCCC2)cc1. The van der Waals surface area contributed by atoms with Crippen molar-refractivity contribution in [2.75, 3.05) is 25.5 Å². The third-order valence-corrected chi connectivity index (χ3v) is 4.27. The number of aliphatic imine (C=N–C) groups is 1. The molecule has 4 heteroatoms. The van der Waals surface area contributed by atoms with Gasteiger partial charge in [0.15, 0.2) is 0 Å². The molecule has 0 atom stereocenters. The van der Waals surface area contributed by atoms with Crippen LogP contribution in [-0.2, 0) is 0 Å². The standard InChI is InChI=1S/C20H25N3O/c1-16-6-8-17(9-7-16)21-20(23-14-4-3-5-15-23)22-18-10-12-19(24-2)13-11-18/h6-13H,3-5,14-15H2,1-2H3,(H,21,22). The number of benzene rings is 2. The average Bonchev–Trinajstić information content (AvgIpc) is 2.64. The van der Waals surface area contributed by atoms with Crippen molar-refractivity contribution in [2.45, 2.75) is 26.2 Å². The highest BCUT2D eigenvalue weighted by Gasteiger charge is 2.15. The minimum atomic E-state index is 0.857. The van der Waals surface area contributed by atoms with Crippen LogP contribution in [0, 0.1) is 6.92 Å². The van der Waals surface area contributed by atoms with Crippen molar-refractivity contribution in [3.05, 3.63) is 54.1 Å². The van der Waals surface area contributed by atoms with E-state index in [1.807, 2.05) is 24.3 Å². The van der Waals surface area contributed by atoms with E-state index in [-0.39, 0.29) is 0 Å². The fraction of sp³-hybridized carbons (Fsp3) is 0.350. The summed E-state index contributed by atoms with van der Waals surface area (Å²) in [5, 5.41) is 3.48. The number of ether oxygens (including phenoxy) is 1. The lowest BCUT2D eigenvalue weighted by atomic mass is 10.1. The molecule has 0 aromatic heterocycles. The first-order valence-electron chi connectivity index (χ1n) is 8.56. The number of nitrogens with one attached hydrogen (secondary N) is 1. The van der Waals surface area contributed by atoms with Crippen molar-refractivity contribution in [2.24, 2.45) is 4.99 Å². The summed E-state index contributed by atoms with van der Waals surface area (Å²) in [6.45, 7) is 4.19. The lowest BCUT2D eigenvalue weighted by Gasteiger charge is -2.30. The van der Waals surface area contributed by atoms with E-state index in [2.05, 4.69) is 41.4 Å². The van der Waals surface area contributed by atoms with Crippen LogP contribution in [0.1, 0.15) is 24.8 Å². The van der Waals surface area contributed by atoms with Gasteiger partial charge in [0.05, 0.1) is 12.8 Å². The minimum Gasteiger partial charge on any atom is -0.497 e. The van der Waals surface area contributed by atoms with Gasteiger partial charge in [0.25, 0.3) is 0 Å². The molecule has 0 unspecified atom stereocenters. The first kappa shape index (κ1) is 16.4. The highest BCUT2D eigenvalue weighted by atomic mass is 16.5. The fourth-order valence-electron chi connectivity index (χ4n) is 2.83. The lowest BCUT2D eigenvalue weighted by Crippen LogP contribution is -2.39. The second-order valence-corrected chi connectivity index (χ2v) is 6.17. The molecule has 1 fully saturated rings. The number of nitrogens with zero attached hydrogens (tertiary/aromatic N) is 2. The van der Waals surface area contributed by atoms with Crippen molar-refractivity contribution >= 4 is 17.3 Å². The van der Waals surface area contributed by atoms with Gasteiger partial charge in [-0.25, -0.2) is 4.99 Å². The molecule has 1 N–H and O–H groups in total. The molecule has 0 spiro atoms. The zero-order chi connectivity index (χ0) is 16.8. The van der Waals surface area contributed by atoms with Crippen LogP contribution in [0.15, 0.2) is 53.5 Å². The first-order valence-corrected chi connectivity index (χ1v) is 8.56. The van der Waals surface area contributed by atoms with Crippen molar-refractivity contribution in [1.29, 1.82) is 0 Å². The smallest absolute Gasteiger partial charge is 0.203 e. The highest BCUT2D eigenvalue weighted by molar-refractivity contribution is 5.95. The molecule has 1 aliphatic rings. The van der Waals surface area contributed by atoms with Crippen LogP contribution in [0.4, 0.5) is 11.4 Å². The van der Waals surface area contributed by atoms with Crippen molar-refractivity contribution in [3.8, 4) is 5.75 Å². The minimum absolute atomic E-state index is 0.857. The molecule has 3 rings (SSSR count). The normalized spacial score (nSPS) is 15.2. The van der Waals surface area contributed by atoms with Gasteiger partial charge in [-0.05, 0) is 62.6 Å². The van der Waals surface area contributed by atoms with Gasteiger partial charge in [-0.3, -0.25) is 0 Å². The van der Waals surface area contributed by atoms with Gasteiger partial charge in [-0.15, -0.1) is 0 Å². The monoisotopic (exact) mass is 323 g/mol. The second-order valence-electron chi connectivity index (χ2n) is 6.17. The summed E-state index contributed by atoms with van der Waals surface area (Å²) >= 11 is 0. The molecule has 24 heavy (non-hydrogen) atoms. The largest absolute Gasteiger partial charge is 0.497 e. The first-order chi connectivity index (χ1) is 11.7. The van der Waals surface area contributed by atoms with Crippen LogP contribution >= 0.6 is 0 Å². The average molecular weight is 323 g/mol. The number of piperidine rings is 1. The Hall–Kier alpha value is -2.49. The number of hydrogen-bond acceptors (Lipinski definition) is 2.